The smallest absolute Gasteiger partial charge is 0.315 e. The number of nitro groups is 1. The zero-order valence-electron chi connectivity index (χ0n) is 18.1. The van der Waals surface area contributed by atoms with E-state index in [4.69, 9.17) is 14.7 Å². The van der Waals surface area contributed by atoms with Crippen LogP contribution in [-0.2, 0) is 0 Å². The minimum absolute atomic E-state index is 0.0615. The van der Waals surface area contributed by atoms with E-state index >= 15 is 0 Å². The topological polar surface area (TPSA) is 133 Å². The van der Waals surface area contributed by atoms with Gasteiger partial charge in [-0.25, -0.2) is 4.98 Å². The molecule has 0 bridgehead atoms. The number of ether oxygens (including phenoxy) is 2. The third-order valence-corrected chi connectivity index (χ3v) is 5.46. The Morgan fingerprint density at radius 1 is 1.39 bits per heavy atom. The van der Waals surface area contributed by atoms with Gasteiger partial charge in [0.05, 0.1) is 29.2 Å². The molecule has 3 rings (SSSR count). The number of nitro benzene ring substituents is 1. The van der Waals surface area contributed by atoms with Crippen molar-refractivity contribution in [3.05, 3.63) is 66.7 Å². The number of rotatable bonds is 8. The first-order valence-corrected chi connectivity index (χ1v) is 10.7. The van der Waals surface area contributed by atoms with Crippen LogP contribution in [0.4, 0.5) is 5.69 Å². The Kier molecular flexibility index (Phi) is 7.40. The summed E-state index contributed by atoms with van der Waals surface area (Å²) in [6.07, 6.45) is 2.05. The summed E-state index contributed by atoms with van der Waals surface area (Å²) in [6, 6.07) is 9.72. The molecule has 170 valence electrons. The van der Waals surface area contributed by atoms with E-state index in [9.17, 15) is 14.9 Å². The summed E-state index contributed by atoms with van der Waals surface area (Å²) in [7, 11) is 1.33. The average molecular weight is 514 g/mol. The Hall–Kier alpha value is -3.78. The summed E-state index contributed by atoms with van der Waals surface area (Å²) in [6.45, 7) is 3.54. The highest BCUT2D eigenvalue weighted by Gasteiger charge is 2.22. The number of hydrogen-bond donors (Lipinski definition) is 0. The van der Waals surface area contributed by atoms with Gasteiger partial charge in [-0.15, -0.1) is 0 Å². The van der Waals surface area contributed by atoms with Crippen molar-refractivity contribution in [2.45, 2.75) is 26.2 Å². The van der Waals surface area contributed by atoms with Crippen LogP contribution >= 0.6 is 15.9 Å². The molecule has 0 unspecified atom stereocenters. The van der Waals surface area contributed by atoms with Gasteiger partial charge in [-0.2, -0.15) is 15.0 Å². The minimum Gasteiger partial charge on any atom is -0.493 e. The molecule has 0 aliphatic carbocycles. The van der Waals surface area contributed by atoms with Gasteiger partial charge in [0.2, 0.25) is 5.75 Å². The van der Waals surface area contributed by atoms with E-state index in [2.05, 4.69) is 26.0 Å². The number of nitriles is 1. The van der Waals surface area contributed by atoms with Crippen molar-refractivity contribution >= 4 is 38.7 Å². The summed E-state index contributed by atoms with van der Waals surface area (Å²) < 4.78 is 12.3. The van der Waals surface area contributed by atoms with E-state index in [1.54, 1.807) is 18.2 Å². The number of aromatic nitrogens is 2. The third kappa shape index (κ3) is 5.01. The molecule has 3 aromatic rings. The van der Waals surface area contributed by atoms with Crippen molar-refractivity contribution in [1.29, 1.82) is 5.26 Å². The van der Waals surface area contributed by atoms with Gasteiger partial charge in [0, 0.05) is 22.0 Å². The van der Waals surface area contributed by atoms with Crippen LogP contribution in [0.1, 0.15) is 37.6 Å². The molecule has 11 heteroatoms. The van der Waals surface area contributed by atoms with E-state index in [1.165, 1.54) is 30.1 Å². The van der Waals surface area contributed by atoms with Crippen molar-refractivity contribution in [3.8, 4) is 17.6 Å². The molecule has 1 heterocycles. The zero-order valence-corrected chi connectivity index (χ0v) is 19.7. The molecule has 0 fully saturated rings. The molecular formula is C22H20BrN5O5. The molecule has 0 spiro atoms. The molecule has 1 atom stereocenters. The first-order valence-electron chi connectivity index (χ1n) is 9.93. The van der Waals surface area contributed by atoms with Gasteiger partial charge >= 0.3 is 5.69 Å². The predicted molar refractivity (Wildman–Crippen MR) is 126 cm³/mol. The Morgan fingerprint density at radius 2 is 2.15 bits per heavy atom. The molecule has 10 nitrogen and oxygen atoms in total. The predicted octanol–water partition coefficient (Wildman–Crippen LogP) is 4.37. The molecule has 0 amide bonds. The van der Waals surface area contributed by atoms with E-state index in [-0.39, 0.29) is 35.3 Å². The second kappa shape index (κ2) is 10.2. The number of methoxy groups -OCH3 is 1. The summed E-state index contributed by atoms with van der Waals surface area (Å²) >= 11 is 3.37. The van der Waals surface area contributed by atoms with Gasteiger partial charge in [-0.05, 0) is 30.7 Å². The van der Waals surface area contributed by atoms with Crippen LogP contribution in [0.2, 0.25) is 0 Å². The van der Waals surface area contributed by atoms with Crippen LogP contribution in [0, 0.1) is 21.4 Å². The number of halogens is 1. The van der Waals surface area contributed by atoms with Gasteiger partial charge in [0.25, 0.3) is 5.56 Å². The second-order valence-electron chi connectivity index (χ2n) is 7.08. The standard InChI is InChI=1S/C22H20BrN5O5/c1-4-13(2)21-26-17-6-5-15(23)11-16(17)22(29)27(21)25-12-14-9-18(28(30)31)20(33-8-7-24)19(10-14)32-3/h5-6,9-13H,4,8H2,1-3H3/t13-/m0/s1. The van der Waals surface area contributed by atoms with Crippen LogP contribution < -0.4 is 15.0 Å². The first-order chi connectivity index (χ1) is 15.8. The minimum atomic E-state index is -0.640. The van der Waals surface area contributed by atoms with Gasteiger partial charge in [-0.3, -0.25) is 14.9 Å². The quantitative estimate of drug-likeness (QED) is 0.248. The maximum atomic E-state index is 13.2. The lowest BCUT2D eigenvalue weighted by Gasteiger charge is -2.14. The lowest BCUT2D eigenvalue weighted by molar-refractivity contribution is -0.385. The molecule has 33 heavy (non-hydrogen) atoms. The molecule has 0 saturated heterocycles. The molecule has 0 radical (unpaired) electrons. The molecule has 0 N–H and O–H groups in total. The van der Waals surface area contributed by atoms with Gasteiger partial charge in [0.15, 0.2) is 12.4 Å². The highest BCUT2D eigenvalue weighted by atomic mass is 79.9. The van der Waals surface area contributed by atoms with E-state index < -0.39 is 4.92 Å². The Bertz CT molecular complexity index is 1350. The Morgan fingerprint density at radius 3 is 2.79 bits per heavy atom. The van der Waals surface area contributed by atoms with Crippen LogP contribution in [0.3, 0.4) is 0 Å². The monoisotopic (exact) mass is 513 g/mol. The van der Waals surface area contributed by atoms with Crippen molar-refractivity contribution in [2.75, 3.05) is 13.7 Å². The summed E-state index contributed by atoms with van der Waals surface area (Å²) in [5.74, 6) is 0.324. The molecule has 0 saturated carbocycles. The van der Waals surface area contributed by atoms with Crippen LogP contribution in [0.25, 0.3) is 10.9 Å². The maximum Gasteiger partial charge on any atom is 0.315 e. The second-order valence-corrected chi connectivity index (χ2v) is 7.99. The third-order valence-electron chi connectivity index (χ3n) is 4.96. The lowest BCUT2D eigenvalue weighted by atomic mass is 10.1. The van der Waals surface area contributed by atoms with Crippen molar-refractivity contribution in [2.24, 2.45) is 5.10 Å². The lowest BCUT2D eigenvalue weighted by Crippen LogP contribution is -2.23. The average Bonchev–Trinajstić information content (AvgIpc) is 2.81. The first kappa shape index (κ1) is 23.9. The Labute approximate surface area is 197 Å². The highest BCUT2D eigenvalue weighted by Crippen LogP contribution is 2.38. The fraction of sp³-hybridized carbons (Fsp3) is 0.273. The molecule has 0 aliphatic heterocycles. The molecular weight excluding hydrogens is 494 g/mol. The van der Waals surface area contributed by atoms with Gasteiger partial charge in [0.1, 0.15) is 11.9 Å². The van der Waals surface area contributed by atoms with Crippen molar-refractivity contribution in [3.63, 3.8) is 0 Å². The fourth-order valence-corrected chi connectivity index (χ4v) is 3.48. The normalized spacial score (nSPS) is 12.0. The van der Waals surface area contributed by atoms with Crippen LogP contribution in [-0.4, -0.2) is 34.5 Å². The summed E-state index contributed by atoms with van der Waals surface area (Å²) in [5.41, 5.74) is 0.116. The van der Waals surface area contributed by atoms with Gasteiger partial charge in [-0.1, -0.05) is 29.8 Å². The van der Waals surface area contributed by atoms with Crippen LogP contribution in [0.15, 0.2) is 44.7 Å². The SMILES string of the molecule is CC[C@H](C)c1nc2ccc(Br)cc2c(=O)n1N=Cc1cc(OC)c(OCC#N)c([N+](=O)[O-])c1. The number of hydrogen-bond acceptors (Lipinski definition) is 8. The molecule has 1 aromatic heterocycles. The van der Waals surface area contributed by atoms with E-state index in [0.717, 1.165) is 10.9 Å². The maximum absolute atomic E-state index is 13.2. The summed E-state index contributed by atoms with van der Waals surface area (Å²) in [4.78, 5) is 28.8. The largest absolute Gasteiger partial charge is 0.493 e. The molecule has 2 aromatic carbocycles. The zero-order chi connectivity index (χ0) is 24.1. The Balaban J connectivity index is 2.18. The van der Waals surface area contributed by atoms with E-state index in [0.29, 0.717) is 22.3 Å². The van der Waals surface area contributed by atoms with Crippen molar-refractivity contribution < 1.29 is 14.4 Å². The fourth-order valence-electron chi connectivity index (χ4n) is 3.12. The highest BCUT2D eigenvalue weighted by molar-refractivity contribution is 9.10. The van der Waals surface area contributed by atoms with Crippen molar-refractivity contribution in [1.82, 2.24) is 9.66 Å². The van der Waals surface area contributed by atoms with Crippen LogP contribution in [0.5, 0.6) is 11.5 Å². The van der Waals surface area contributed by atoms with Gasteiger partial charge < -0.3 is 9.47 Å². The number of benzene rings is 2. The summed E-state index contributed by atoms with van der Waals surface area (Å²) in [5, 5.41) is 25.0. The molecule has 0 aliphatic rings. The number of fused-ring (bicyclic) bond motifs is 1. The van der Waals surface area contributed by atoms with E-state index in [1.807, 2.05) is 19.9 Å². The number of nitrogens with zero attached hydrogens (tertiary/aromatic N) is 5.